The quantitative estimate of drug-likeness (QED) is 0.474. The van der Waals surface area contributed by atoms with Gasteiger partial charge in [-0.15, -0.1) is 0 Å². The summed E-state index contributed by atoms with van der Waals surface area (Å²) in [6.07, 6.45) is 0. The summed E-state index contributed by atoms with van der Waals surface area (Å²) in [4.78, 5) is 0. The molecular weight excluding hydrogens is 219 g/mol. The first-order valence-electron chi connectivity index (χ1n) is 5.00. The summed E-state index contributed by atoms with van der Waals surface area (Å²) in [5, 5.41) is 0. The van der Waals surface area contributed by atoms with Crippen LogP contribution in [0.15, 0.2) is 54.6 Å². The summed E-state index contributed by atoms with van der Waals surface area (Å²) in [5.74, 6) is 9.82. The molecule has 0 spiro atoms. The number of hydrogen-bond acceptors (Lipinski definition) is 4. The maximum absolute atomic E-state index is 12.3. The molecule has 0 bridgehead atoms. The summed E-state index contributed by atoms with van der Waals surface area (Å²) in [5.41, 5.74) is 6.37. The van der Waals surface area contributed by atoms with Crippen molar-refractivity contribution in [2.75, 3.05) is 10.9 Å². The second-order valence-corrected chi connectivity index (χ2v) is 3.17. The van der Waals surface area contributed by atoms with Crippen LogP contribution in [0, 0.1) is 5.82 Å². The zero-order chi connectivity index (χ0) is 12.5. The van der Waals surface area contributed by atoms with Crippen LogP contribution in [-0.2, 0) is 0 Å². The fraction of sp³-hybridized carbons (Fsp3) is 0. The third-order valence-electron chi connectivity index (χ3n) is 1.93. The van der Waals surface area contributed by atoms with Crippen molar-refractivity contribution >= 4 is 11.4 Å². The third-order valence-corrected chi connectivity index (χ3v) is 1.93. The van der Waals surface area contributed by atoms with E-state index in [1.54, 1.807) is 12.1 Å². The first-order valence-corrected chi connectivity index (χ1v) is 5.00. The van der Waals surface area contributed by atoms with Crippen molar-refractivity contribution in [3.05, 3.63) is 60.4 Å². The molecule has 0 aliphatic heterocycles. The van der Waals surface area contributed by atoms with E-state index in [0.29, 0.717) is 5.69 Å². The molecule has 0 aliphatic carbocycles. The lowest BCUT2D eigenvalue weighted by Crippen LogP contribution is -2.06. The zero-order valence-electron chi connectivity index (χ0n) is 9.23. The predicted molar refractivity (Wildman–Crippen MR) is 68.5 cm³/mol. The lowest BCUT2D eigenvalue weighted by atomic mass is 10.3. The van der Waals surface area contributed by atoms with Crippen LogP contribution in [0.25, 0.3) is 0 Å². The van der Waals surface area contributed by atoms with Gasteiger partial charge in [-0.3, -0.25) is 11.7 Å². The number of hydrogen-bond donors (Lipinski definition) is 4. The minimum absolute atomic E-state index is 0.287. The number of halogens is 1. The normalized spacial score (nSPS) is 8.88. The third kappa shape index (κ3) is 4.96. The average molecular weight is 234 g/mol. The summed E-state index contributed by atoms with van der Waals surface area (Å²) >= 11 is 0. The second-order valence-electron chi connectivity index (χ2n) is 3.17. The number of hydrazine groups is 2. The van der Waals surface area contributed by atoms with Gasteiger partial charge in [0.2, 0.25) is 0 Å². The molecule has 0 saturated heterocycles. The highest BCUT2D eigenvalue weighted by atomic mass is 19.1. The number of nitrogen functional groups attached to an aromatic ring is 2. The van der Waals surface area contributed by atoms with E-state index in [4.69, 9.17) is 11.7 Å². The molecule has 17 heavy (non-hydrogen) atoms. The Labute approximate surface area is 99.4 Å². The van der Waals surface area contributed by atoms with Crippen LogP contribution in [-0.4, -0.2) is 0 Å². The van der Waals surface area contributed by atoms with Crippen molar-refractivity contribution in [2.24, 2.45) is 11.7 Å². The van der Waals surface area contributed by atoms with Crippen molar-refractivity contribution in [2.45, 2.75) is 0 Å². The molecular formula is C12H15FN4. The summed E-state index contributed by atoms with van der Waals surface area (Å²) in [6, 6.07) is 15.6. The van der Waals surface area contributed by atoms with Gasteiger partial charge in [0.25, 0.3) is 0 Å². The molecule has 90 valence electrons. The Balaban J connectivity index is 0.000000171. The smallest absolute Gasteiger partial charge is 0.125 e. The predicted octanol–water partition coefficient (Wildman–Crippen LogP) is 2.08. The Morgan fingerprint density at radius 3 is 1.76 bits per heavy atom. The zero-order valence-corrected chi connectivity index (χ0v) is 9.23. The number of para-hydroxylation sites is 1. The molecule has 4 nitrogen and oxygen atoms in total. The van der Waals surface area contributed by atoms with Gasteiger partial charge in [-0.05, 0) is 30.3 Å². The standard InChI is InChI=1S/C6H7FN2.C6H8N2/c7-5-2-1-3-6(4-5)9-8;7-8-6-4-2-1-3-5-6/h1-4,9H,8H2;1-5,8H,7H2. The fourth-order valence-corrected chi connectivity index (χ4v) is 1.11. The summed E-state index contributed by atoms with van der Waals surface area (Å²) < 4.78 is 12.3. The highest BCUT2D eigenvalue weighted by Crippen LogP contribution is 2.06. The highest BCUT2D eigenvalue weighted by molar-refractivity contribution is 5.41. The molecule has 6 N–H and O–H groups in total. The van der Waals surface area contributed by atoms with Crippen molar-refractivity contribution in [1.82, 2.24) is 0 Å². The molecule has 0 fully saturated rings. The Hall–Kier alpha value is -2.11. The minimum atomic E-state index is -0.287. The Morgan fingerprint density at radius 1 is 0.765 bits per heavy atom. The number of benzene rings is 2. The van der Waals surface area contributed by atoms with Gasteiger partial charge in [-0.25, -0.2) is 4.39 Å². The van der Waals surface area contributed by atoms with Crippen LogP contribution in [0.1, 0.15) is 0 Å². The Kier molecular flexibility index (Phi) is 5.50. The number of rotatable bonds is 2. The van der Waals surface area contributed by atoms with Crippen LogP contribution in [0.4, 0.5) is 15.8 Å². The Morgan fingerprint density at radius 2 is 1.35 bits per heavy atom. The molecule has 2 aromatic carbocycles. The van der Waals surface area contributed by atoms with E-state index >= 15 is 0 Å². The van der Waals surface area contributed by atoms with Crippen LogP contribution in [0.5, 0.6) is 0 Å². The van der Waals surface area contributed by atoms with Crippen LogP contribution in [0.2, 0.25) is 0 Å². The molecule has 0 heterocycles. The SMILES string of the molecule is NNc1cccc(F)c1.NNc1ccccc1. The van der Waals surface area contributed by atoms with E-state index in [-0.39, 0.29) is 5.82 Å². The van der Waals surface area contributed by atoms with Gasteiger partial charge in [0.1, 0.15) is 5.82 Å². The Bertz CT molecular complexity index is 434. The minimum Gasteiger partial charge on any atom is -0.324 e. The van der Waals surface area contributed by atoms with Gasteiger partial charge in [0.15, 0.2) is 0 Å². The van der Waals surface area contributed by atoms with E-state index in [1.165, 1.54) is 12.1 Å². The van der Waals surface area contributed by atoms with Crippen LogP contribution >= 0.6 is 0 Å². The molecule has 2 aromatic rings. The van der Waals surface area contributed by atoms with Gasteiger partial charge >= 0.3 is 0 Å². The van der Waals surface area contributed by atoms with Gasteiger partial charge < -0.3 is 10.9 Å². The number of nitrogens with two attached hydrogens (primary N) is 2. The van der Waals surface area contributed by atoms with Gasteiger partial charge in [0, 0.05) is 5.69 Å². The molecule has 0 unspecified atom stereocenters. The maximum atomic E-state index is 12.3. The highest BCUT2D eigenvalue weighted by Gasteiger charge is 1.88. The number of nitrogens with one attached hydrogen (secondary N) is 2. The average Bonchev–Trinajstić information content (AvgIpc) is 2.40. The largest absolute Gasteiger partial charge is 0.324 e. The van der Waals surface area contributed by atoms with E-state index in [1.807, 2.05) is 30.3 Å². The maximum Gasteiger partial charge on any atom is 0.125 e. The van der Waals surface area contributed by atoms with Gasteiger partial charge in [-0.2, -0.15) is 0 Å². The molecule has 0 radical (unpaired) electrons. The van der Waals surface area contributed by atoms with Crippen molar-refractivity contribution in [3.63, 3.8) is 0 Å². The van der Waals surface area contributed by atoms with Crippen LogP contribution in [0.3, 0.4) is 0 Å². The molecule has 0 aromatic heterocycles. The van der Waals surface area contributed by atoms with Crippen molar-refractivity contribution < 1.29 is 4.39 Å². The number of anilines is 2. The van der Waals surface area contributed by atoms with Gasteiger partial charge in [0.05, 0.1) is 5.69 Å². The molecule has 0 amide bonds. The van der Waals surface area contributed by atoms with Crippen molar-refractivity contribution in [1.29, 1.82) is 0 Å². The molecule has 2 rings (SSSR count). The lowest BCUT2D eigenvalue weighted by molar-refractivity contribution is 0.628. The summed E-state index contributed by atoms with van der Waals surface area (Å²) in [6.45, 7) is 0. The molecule has 5 heteroatoms. The van der Waals surface area contributed by atoms with Gasteiger partial charge in [-0.1, -0.05) is 24.3 Å². The topological polar surface area (TPSA) is 76.1 Å². The fourth-order valence-electron chi connectivity index (χ4n) is 1.11. The molecule has 0 atom stereocenters. The molecule has 0 saturated carbocycles. The van der Waals surface area contributed by atoms with E-state index in [2.05, 4.69) is 10.9 Å². The summed E-state index contributed by atoms with van der Waals surface area (Å²) in [7, 11) is 0. The first kappa shape index (κ1) is 13.0. The van der Waals surface area contributed by atoms with E-state index in [0.717, 1.165) is 5.69 Å². The van der Waals surface area contributed by atoms with Crippen LogP contribution < -0.4 is 22.5 Å². The van der Waals surface area contributed by atoms with E-state index in [9.17, 15) is 4.39 Å². The monoisotopic (exact) mass is 234 g/mol. The van der Waals surface area contributed by atoms with Crippen molar-refractivity contribution in [3.8, 4) is 0 Å². The second kappa shape index (κ2) is 7.21. The molecule has 0 aliphatic rings. The first-order chi connectivity index (χ1) is 8.26. The lowest BCUT2D eigenvalue weighted by Gasteiger charge is -1.96. The van der Waals surface area contributed by atoms with E-state index < -0.39 is 0 Å².